The second-order valence-electron chi connectivity index (χ2n) is 9.14. The number of halogens is 4. The third-order valence-corrected chi connectivity index (χ3v) is 6.85. The van der Waals surface area contributed by atoms with Crippen molar-refractivity contribution in [3.05, 3.63) is 137 Å². The zero-order chi connectivity index (χ0) is 28.7. The largest absolute Gasteiger partial charge is 0.332 e. The molecule has 0 spiro atoms. The topological polar surface area (TPSA) is 93.9 Å². The molecular weight excluding hydrogens is 547 g/mol. The van der Waals surface area contributed by atoms with Crippen molar-refractivity contribution in [1.82, 2.24) is 14.1 Å². The number of nitrogens with one attached hydrogen (secondary N) is 1. The van der Waals surface area contributed by atoms with E-state index >= 15 is 0 Å². The van der Waals surface area contributed by atoms with Gasteiger partial charge in [-0.2, -0.15) is 0 Å². The van der Waals surface area contributed by atoms with E-state index in [4.69, 9.17) is 11.6 Å². The number of rotatable bonds is 6. The van der Waals surface area contributed by atoms with Gasteiger partial charge in [0.15, 0.2) is 23.2 Å². The number of hydrogen-bond acceptors (Lipinski definition) is 4. The van der Waals surface area contributed by atoms with Gasteiger partial charge in [-0.15, -0.1) is 0 Å². The first-order valence-corrected chi connectivity index (χ1v) is 12.3. The number of ketones is 1. The molecule has 0 saturated carbocycles. The van der Waals surface area contributed by atoms with Crippen LogP contribution in [0.2, 0.25) is 5.02 Å². The lowest BCUT2D eigenvalue weighted by atomic mass is 10.00. The Morgan fingerprint density at radius 3 is 2.30 bits per heavy atom. The molecule has 0 unspecified atom stereocenters. The first-order chi connectivity index (χ1) is 19.0. The van der Waals surface area contributed by atoms with E-state index in [-0.39, 0.29) is 34.4 Å². The molecule has 0 bridgehead atoms. The molecule has 0 radical (unpaired) electrons. The van der Waals surface area contributed by atoms with Gasteiger partial charge in [0.1, 0.15) is 0 Å². The van der Waals surface area contributed by atoms with E-state index in [1.165, 1.54) is 37.4 Å². The SMILES string of the molecule is CC(=O)c1ccc(Cl)c(-c2ccc3c(=O)n(Cc4ccc[nH]c4=O)c(=O)n(Cc4cc(F)c(F)c(F)c4)c3c2)c1. The van der Waals surface area contributed by atoms with Crippen molar-refractivity contribution < 1.29 is 18.0 Å². The molecule has 5 aromatic rings. The van der Waals surface area contributed by atoms with Gasteiger partial charge in [0.25, 0.3) is 11.1 Å². The molecule has 7 nitrogen and oxygen atoms in total. The number of nitrogens with zero attached hydrogens (tertiary/aromatic N) is 2. The first-order valence-electron chi connectivity index (χ1n) is 11.9. The smallest absolute Gasteiger partial charge is 0.329 e. The molecule has 2 heterocycles. The second-order valence-corrected chi connectivity index (χ2v) is 9.55. The number of carbonyl (C=O) groups is 1. The molecule has 0 atom stereocenters. The minimum absolute atomic E-state index is 0.0672. The third kappa shape index (κ3) is 4.89. The van der Waals surface area contributed by atoms with Crippen LogP contribution in [0.15, 0.2) is 81.2 Å². The van der Waals surface area contributed by atoms with Gasteiger partial charge in [-0.1, -0.05) is 23.7 Å². The summed E-state index contributed by atoms with van der Waals surface area (Å²) in [5, 5.41) is 0.371. The highest BCUT2D eigenvalue weighted by Gasteiger charge is 2.18. The zero-order valence-corrected chi connectivity index (χ0v) is 21.6. The Balaban J connectivity index is 1.78. The van der Waals surface area contributed by atoms with E-state index in [1.807, 2.05) is 0 Å². The molecule has 11 heteroatoms. The number of carbonyl (C=O) groups excluding carboxylic acids is 1. The predicted octanol–water partition coefficient (Wildman–Crippen LogP) is 4.89. The maximum absolute atomic E-state index is 14.0. The van der Waals surface area contributed by atoms with Crippen molar-refractivity contribution in [2.75, 3.05) is 0 Å². The zero-order valence-electron chi connectivity index (χ0n) is 20.8. The number of hydrogen-bond donors (Lipinski definition) is 1. The van der Waals surface area contributed by atoms with Gasteiger partial charge in [-0.25, -0.2) is 18.0 Å². The van der Waals surface area contributed by atoms with Crippen LogP contribution >= 0.6 is 11.6 Å². The van der Waals surface area contributed by atoms with Gasteiger partial charge in [-0.3, -0.25) is 23.5 Å². The van der Waals surface area contributed by atoms with Crippen LogP contribution in [-0.2, 0) is 13.1 Å². The van der Waals surface area contributed by atoms with Gasteiger partial charge in [0.05, 0.1) is 24.0 Å². The maximum Gasteiger partial charge on any atom is 0.332 e. The fraction of sp³-hybridized carbons (Fsp3) is 0.103. The highest BCUT2D eigenvalue weighted by Crippen LogP contribution is 2.31. The Morgan fingerprint density at radius 2 is 1.62 bits per heavy atom. The number of fused-ring (bicyclic) bond motifs is 1. The maximum atomic E-state index is 14.0. The lowest BCUT2D eigenvalue weighted by Crippen LogP contribution is -2.41. The van der Waals surface area contributed by atoms with Gasteiger partial charge in [-0.05, 0) is 66.6 Å². The standard InChI is InChI=1S/C29H19ClF3N3O4/c1-15(37)17-5-7-22(30)21(11-17)18-4-6-20-25(12-18)35(13-16-9-23(31)26(33)24(32)10-16)29(40)36(28(20)39)14-19-3-2-8-34-27(19)38/h2-12H,13-14H2,1H3,(H,34,38). The Bertz CT molecular complexity index is 1990. The number of aromatic nitrogens is 3. The average molecular weight is 566 g/mol. The van der Waals surface area contributed by atoms with Crippen LogP contribution in [-0.4, -0.2) is 19.9 Å². The summed E-state index contributed by atoms with van der Waals surface area (Å²) in [6, 6.07) is 13.7. The average Bonchev–Trinajstić information content (AvgIpc) is 2.92. The second kappa shape index (κ2) is 10.5. The van der Waals surface area contributed by atoms with Crippen LogP contribution in [0.4, 0.5) is 13.2 Å². The minimum Gasteiger partial charge on any atom is -0.329 e. The first kappa shape index (κ1) is 26.9. The third-order valence-electron chi connectivity index (χ3n) is 6.52. The molecule has 5 rings (SSSR count). The van der Waals surface area contributed by atoms with Crippen LogP contribution in [0, 0.1) is 17.5 Å². The predicted molar refractivity (Wildman–Crippen MR) is 145 cm³/mol. The highest BCUT2D eigenvalue weighted by atomic mass is 35.5. The van der Waals surface area contributed by atoms with Crippen molar-refractivity contribution in [1.29, 1.82) is 0 Å². The molecule has 0 aliphatic rings. The Morgan fingerprint density at radius 1 is 0.900 bits per heavy atom. The van der Waals surface area contributed by atoms with E-state index in [2.05, 4.69) is 4.98 Å². The van der Waals surface area contributed by atoms with Crippen molar-refractivity contribution in [3.8, 4) is 11.1 Å². The van der Waals surface area contributed by atoms with Crippen molar-refractivity contribution >= 4 is 28.3 Å². The number of pyridine rings is 1. The summed E-state index contributed by atoms with van der Waals surface area (Å²) >= 11 is 6.40. The summed E-state index contributed by atoms with van der Waals surface area (Å²) in [4.78, 5) is 53.9. The molecule has 0 aliphatic heterocycles. The summed E-state index contributed by atoms with van der Waals surface area (Å²) in [5.41, 5.74) is -0.620. The van der Waals surface area contributed by atoms with Crippen molar-refractivity contribution in [2.24, 2.45) is 0 Å². The number of H-pyrrole nitrogens is 1. The summed E-state index contributed by atoms with van der Waals surface area (Å²) in [5.74, 6) is -4.73. The van der Waals surface area contributed by atoms with Gasteiger partial charge >= 0.3 is 5.69 Å². The Labute approximate surface area is 228 Å². The summed E-state index contributed by atoms with van der Waals surface area (Å²) in [7, 11) is 0. The van der Waals surface area contributed by atoms with Crippen molar-refractivity contribution in [2.45, 2.75) is 20.0 Å². The molecule has 2 aromatic heterocycles. The van der Waals surface area contributed by atoms with Crippen LogP contribution < -0.4 is 16.8 Å². The molecule has 0 amide bonds. The molecule has 0 saturated heterocycles. The fourth-order valence-corrected chi connectivity index (χ4v) is 4.70. The van der Waals surface area contributed by atoms with Gasteiger partial charge < -0.3 is 4.98 Å². The van der Waals surface area contributed by atoms with Crippen molar-refractivity contribution in [3.63, 3.8) is 0 Å². The normalized spacial score (nSPS) is 11.2. The lowest BCUT2D eigenvalue weighted by Gasteiger charge is -2.16. The Kier molecular flexibility index (Phi) is 7.03. The van der Waals surface area contributed by atoms with E-state index < -0.39 is 40.8 Å². The van der Waals surface area contributed by atoms with Crippen LogP contribution in [0.5, 0.6) is 0 Å². The summed E-state index contributed by atoms with van der Waals surface area (Å²) < 4.78 is 43.6. The monoisotopic (exact) mass is 565 g/mol. The minimum atomic E-state index is -1.66. The van der Waals surface area contributed by atoms with E-state index in [1.54, 1.807) is 24.3 Å². The van der Waals surface area contributed by atoms with Crippen LogP contribution in [0.25, 0.3) is 22.0 Å². The molecular formula is C29H19ClF3N3O4. The quantitative estimate of drug-likeness (QED) is 0.234. The fourth-order valence-electron chi connectivity index (χ4n) is 4.48. The molecule has 40 heavy (non-hydrogen) atoms. The van der Waals surface area contributed by atoms with Crippen LogP contribution in [0.1, 0.15) is 28.4 Å². The molecule has 202 valence electrons. The van der Waals surface area contributed by atoms with E-state index in [0.717, 1.165) is 21.3 Å². The number of Topliss-reactive ketones (excluding diaryl/α,β-unsaturated/α-hetero) is 1. The lowest BCUT2D eigenvalue weighted by molar-refractivity contribution is 0.101. The highest BCUT2D eigenvalue weighted by molar-refractivity contribution is 6.33. The summed E-state index contributed by atoms with van der Waals surface area (Å²) in [6.07, 6.45) is 1.40. The Hall–Kier alpha value is -4.70. The van der Waals surface area contributed by atoms with Gasteiger partial charge in [0.2, 0.25) is 0 Å². The molecule has 0 aliphatic carbocycles. The molecule has 3 aromatic carbocycles. The van der Waals surface area contributed by atoms with Gasteiger partial charge in [0, 0.05) is 27.9 Å². The van der Waals surface area contributed by atoms with E-state index in [0.29, 0.717) is 21.7 Å². The van der Waals surface area contributed by atoms with E-state index in [9.17, 15) is 32.3 Å². The number of benzene rings is 3. The molecule has 0 fully saturated rings. The summed E-state index contributed by atoms with van der Waals surface area (Å²) in [6.45, 7) is 0.593. The van der Waals surface area contributed by atoms with Crippen LogP contribution in [0.3, 0.4) is 0 Å². The number of aromatic amines is 1. The molecule has 1 N–H and O–H groups in total.